The van der Waals surface area contributed by atoms with Crippen LogP contribution in [-0.2, 0) is 10.0 Å². The summed E-state index contributed by atoms with van der Waals surface area (Å²) in [4.78, 5) is 0.248. The molecule has 2 rings (SSSR count). The van der Waals surface area contributed by atoms with Gasteiger partial charge in [0, 0.05) is 11.0 Å². The Hall–Kier alpha value is -0.100. The van der Waals surface area contributed by atoms with Crippen molar-refractivity contribution in [1.82, 2.24) is 4.72 Å². The molecular weight excluding hydrogens is 362 g/mol. The first kappa shape index (κ1) is 16.3. The number of sulfonamides is 1. The highest BCUT2D eigenvalue weighted by atomic mass is 79.9. The standard InChI is InChI=1S/C14H19BrClNO2S/c15-13-10-12(6-7-14(13)16)20(18,19)17-9-8-11-4-2-1-3-5-11/h6-7,10-11,17H,1-5,8-9H2. The van der Waals surface area contributed by atoms with E-state index in [4.69, 9.17) is 11.6 Å². The van der Waals surface area contributed by atoms with Gasteiger partial charge in [0.25, 0.3) is 0 Å². The average Bonchev–Trinajstić information content (AvgIpc) is 2.43. The molecule has 20 heavy (non-hydrogen) atoms. The molecule has 0 aromatic heterocycles. The molecular formula is C14H19BrClNO2S. The van der Waals surface area contributed by atoms with Crippen LogP contribution in [0.25, 0.3) is 0 Å². The molecule has 1 aliphatic carbocycles. The van der Waals surface area contributed by atoms with E-state index in [9.17, 15) is 8.42 Å². The van der Waals surface area contributed by atoms with Gasteiger partial charge in [-0.1, -0.05) is 43.7 Å². The Balaban J connectivity index is 1.91. The van der Waals surface area contributed by atoms with Gasteiger partial charge in [0.05, 0.1) is 9.92 Å². The summed E-state index contributed by atoms with van der Waals surface area (Å²) in [6.07, 6.45) is 7.26. The van der Waals surface area contributed by atoms with E-state index in [0.29, 0.717) is 22.0 Å². The van der Waals surface area contributed by atoms with Crippen molar-refractivity contribution < 1.29 is 8.42 Å². The van der Waals surface area contributed by atoms with Gasteiger partial charge in [0.1, 0.15) is 0 Å². The molecule has 0 spiro atoms. The zero-order valence-electron chi connectivity index (χ0n) is 11.2. The van der Waals surface area contributed by atoms with Crippen molar-refractivity contribution in [3.8, 4) is 0 Å². The minimum atomic E-state index is -3.44. The second kappa shape index (κ2) is 7.25. The quantitative estimate of drug-likeness (QED) is 0.825. The fraction of sp³-hybridized carbons (Fsp3) is 0.571. The molecule has 1 fully saturated rings. The van der Waals surface area contributed by atoms with Crippen molar-refractivity contribution in [1.29, 1.82) is 0 Å². The lowest BCUT2D eigenvalue weighted by atomic mass is 9.87. The summed E-state index contributed by atoms with van der Waals surface area (Å²) >= 11 is 9.12. The highest BCUT2D eigenvalue weighted by Gasteiger charge is 2.17. The van der Waals surface area contributed by atoms with Crippen LogP contribution in [0.4, 0.5) is 0 Å². The minimum absolute atomic E-state index is 0.248. The summed E-state index contributed by atoms with van der Waals surface area (Å²) in [5.41, 5.74) is 0. The lowest BCUT2D eigenvalue weighted by molar-refractivity contribution is 0.339. The monoisotopic (exact) mass is 379 g/mol. The lowest BCUT2D eigenvalue weighted by Gasteiger charge is -2.21. The van der Waals surface area contributed by atoms with Crippen LogP contribution in [0.2, 0.25) is 5.02 Å². The Morgan fingerprint density at radius 1 is 1.25 bits per heavy atom. The summed E-state index contributed by atoms with van der Waals surface area (Å²) in [5.74, 6) is 0.670. The molecule has 1 N–H and O–H groups in total. The highest BCUT2D eigenvalue weighted by molar-refractivity contribution is 9.10. The minimum Gasteiger partial charge on any atom is -0.211 e. The summed E-state index contributed by atoms with van der Waals surface area (Å²) < 4.78 is 27.6. The molecule has 0 atom stereocenters. The average molecular weight is 381 g/mol. The zero-order valence-corrected chi connectivity index (χ0v) is 14.4. The highest BCUT2D eigenvalue weighted by Crippen LogP contribution is 2.27. The van der Waals surface area contributed by atoms with Crippen molar-refractivity contribution in [3.05, 3.63) is 27.7 Å². The van der Waals surface area contributed by atoms with Crippen molar-refractivity contribution in [2.45, 2.75) is 43.4 Å². The van der Waals surface area contributed by atoms with Gasteiger partial charge in [-0.25, -0.2) is 13.1 Å². The lowest BCUT2D eigenvalue weighted by Crippen LogP contribution is -2.26. The summed E-state index contributed by atoms with van der Waals surface area (Å²) in [5, 5.41) is 0.506. The van der Waals surface area contributed by atoms with E-state index in [1.165, 1.54) is 44.2 Å². The maximum atomic E-state index is 12.2. The Bertz CT molecular complexity index is 556. The fourth-order valence-electron chi connectivity index (χ4n) is 2.60. The van der Waals surface area contributed by atoms with E-state index in [1.54, 1.807) is 6.07 Å². The number of hydrogen-bond acceptors (Lipinski definition) is 2. The first-order valence-electron chi connectivity index (χ1n) is 6.94. The molecule has 6 heteroatoms. The van der Waals surface area contributed by atoms with E-state index in [0.717, 1.165) is 6.42 Å². The van der Waals surface area contributed by atoms with Crippen LogP contribution in [0, 0.1) is 5.92 Å². The van der Waals surface area contributed by atoms with Crippen LogP contribution in [-0.4, -0.2) is 15.0 Å². The van der Waals surface area contributed by atoms with Crippen molar-refractivity contribution >= 4 is 37.6 Å². The van der Waals surface area contributed by atoms with Crippen LogP contribution in [0.1, 0.15) is 38.5 Å². The predicted molar refractivity (Wildman–Crippen MR) is 85.5 cm³/mol. The van der Waals surface area contributed by atoms with Crippen LogP contribution in [0.3, 0.4) is 0 Å². The molecule has 1 aromatic rings. The largest absolute Gasteiger partial charge is 0.240 e. The second-order valence-corrected chi connectivity index (χ2v) is 8.29. The van der Waals surface area contributed by atoms with Crippen molar-refractivity contribution in [2.24, 2.45) is 5.92 Å². The van der Waals surface area contributed by atoms with Crippen LogP contribution in [0.15, 0.2) is 27.6 Å². The molecule has 1 saturated carbocycles. The van der Waals surface area contributed by atoms with Crippen LogP contribution >= 0.6 is 27.5 Å². The van der Waals surface area contributed by atoms with E-state index >= 15 is 0 Å². The zero-order chi connectivity index (χ0) is 14.6. The van der Waals surface area contributed by atoms with E-state index in [-0.39, 0.29) is 4.90 Å². The Kier molecular flexibility index (Phi) is 5.90. The summed E-state index contributed by atoms with van der Waals surface area (Å²) in [6.45, 7) is 0.507. The molecule has 0 saturated heterocycles. The first-order chi connectivity index (χ1) is 9.49. The van der Waals surface area contributed by atoms with Gasteiger partial charge in [0.15, 0.2) is 0 Å². The van der Waals surface area contributed by atoms with Crippen molar-refractivity contribution in [2.75, 3.05) is 6.54 Å². The molecule has 1 aliphatic rings. The maximum Gasteiger partial charge on any atom is 0.240 e. The molecule has 0 heterocycles. The van der Waals surface area contributed by atoms with Gasteiger partial charge in [-0.05, 0) is 46.5 Å². The van der Waals surface area contributed by atoms with Gasteiger partial charge < -0.3 is 0 Å². The number of nitrogens with one attached hydrogen (secondary N) is 1. The smallest absolute Gasteiger partial charge is 0.211 e. The van der Waals surface area contributed by atoms with Gasteiger partial charge in [0.2, 0.25) is 10.0 Å². The third-order valence-electron chi connectivity index (χ3n) is 3.77. The van der Waals surface area contributed by atoms with Crippen LogP contribution < -0.4 is 4.72 Å². The number of rotatable bonds is 5. The number of benzene rings is 1. The SMILES string of the molecule is O=S(=O)(NCCC1CCCCC1)c1ccc(Cl)c(Br)c1. The molecule has 0 aliphatic heterocycles. The topological polar surface area (TPSA) is 46.2 Å². The number of halogens is 2. The third kappa shape index (κ3) is 4.45. The normalized spacial score (nSPS) is 17.3. The molecule has 0 radical (unpaired) electrons. The Morgan fingerprint density at radius 2 is 1.95 bits per heavy atom. The summed E-state index contributed by atoms with van der Waals surface area (Å²) in [7, 11) is -3.44. The van der Waals surface area contributed by atoms with E-state index < -0.39 is 10.0 Å². The van der Waals surface area contributed by atoms with Crippen LogP contribution in [0.5, 0.6) is 0 Å². The molecule has 0 unspecified atom stereocenters. The van der Waals surface area contributed by atoms with Gasteiger partial charge in [-0.2, -0.15) is 0 Å². The van der Waals surface area contributed by atoms with Gasteiger partial charge in [-0.3, -0.25) is 0 Å². The van der Waals surface area contributed by atoms with Gasteiger partial charge in [-0.15, -0.1) is 0 Å². The Morgan fingerprint density at radius 3 is 2.60 bits per heavy atom. The summed E-state index contributed by atoms with van der Waals surface area (Å²) in [6, 6.07) is 4.64. The predicted octanol–water partition coefficient (Wildman–Crippen LogP) is 4.35. The molecule has 3 nitrogen and oxygen atoms in total. The van der Waals surface area contributed by atoms with E-state index in [1.807, 2.05) is 0 Å². The molecule has 0 amide bonds. The second-order valence-electron chi connectivity index (χ2n) is 5.27. The first-order valence-corrected chi connectivity index (χ1v) is 9.59. The Labute approximate surface area is 134 Å². The number of hydrogen-bond donors (Lipinski definition) is 1. The fourth-order valence-corrected chi connectivity index (χ4v) is 4.32. The van der Waals surface area contributed by atoms with Gasteiger partial charge >= 0.3 is 0 Å². The maximum absolute atomic E-state index is 12.2. The molecule has 0 bridgehead atoms. The third-order valence-corrected chi connectivity index (χ3v) is 6.44. The molecule has 112 valence electrons. The molecule has 1 aromatic carbocycles. The van der Waals surface area contributed by atoms with Crippen molar-refractivity contribution in [3.63, 3.8) is 0 Å². The van der Waals surface area contributed by atoms with E-state index in [2.05, 4.69) is 20.7 Å².